The fourth-order valence-corrected chi connectivity index (χ4v) is 7.02. The third kappa shape index (κ3) is 3.38. The van der Waals surface area contributed by atoms with E-state index >= 15 is 0 Å². The summed E-state index contributed by atoms with van der Waals surface area (Å²) in [6.07, 6.45) is 3.77. The lowest BCUT2D eigenvalue weighted by Crippen LogP contribution is -1.97. The average molecular weight is 578 g/mol. The molecule has 5 heteroatoms. The van der Waals surface area contributed by atoms with E-state index in [4.69, 9.17) is 18.8 Å². The number of aromatic nitrogens is 3. The predicted octanol–water partition coefficient (Wildman–Crippen LogP) is 10.7. The third-order valence-electron chi connectivity index (χ3n) is 8.92. The molecule has 0 bridgehead atoms. The van der Waals surface area contributed by atoms with Gasteiger partial charge in [-0.05, 0) is 48.5 Å². The van der Waals surface area contributed by atoms with Crippen LogP contribution in [0.3, 0.4) is 0 Å². The summed E-state index contributed by atoms with van der Waals surface area (Å²) in [6, 6.07) is 44.0. The summed E-state index contributed by atoms with van der Waals surface area (Å²) in [5.74, 6) is 0. The van der Waals surface area contributed by atoms with E-state index in [0.29, 0.717) is 0 Å². The number of para-hydroxylation sites is 5. The summed E-state index contributed by atoms with van der Waals surface area (Å²) in [5.41, 5.74) is 12.4. The Labute approximate surface area is 256 Å². The van der Waals surface area contributed by atoms with Crippen LogP contribution in [-0.4, -0.2) is 14.5 Å². The van der Waals surface area contributed by atoms with Crippen molar-refractivity contribution in [3.05, 3.63) is 140 Å². The normalized spacial score (nSPS) is 12.0. The van der Waals surface area contributed by atoms with Crippen LogP contribution in [0.4, 0.5) is 0 Å². The molecule has 0 N–H and O–H groups in total. The Bertz CT molecular complexity index is 2600. The van der Waals surface area contributed by atoms with Crippen molar-refractivity contribution in [2.24, 2.45) is 0 Å². The molecule has 5 nitrogen and oxygen atoms in total. The smallest absolute Gasteiger partial charge is 0.161 e. The minimum absolute atomic E-state index is 0.786. The lowest BCUT2D eigenvalue weighted by atomic mass is 10.00. The first-order valence-electron chi connectivity index (χ1n) is 15.0. The highest BCUT2D eigenvalue weighted by Gasteiger charge is 2.23. The van der Waals surface area contributed by atoms with Gasteiger partial charge in [0.1, 0.15) is 22.2 Å². The monoisotopic (exact) mass is 577 g/mol. The molecule has 10 aromatic rings. The summed E-state index contributed by atoms with van der Waals surface area (Å²) < 4.78 is 15.4. The van der Waals surface area contributed by atoms with E-state index in [9.17, 15) is 0 Å². The van der Waals surface area contributed by atoms with Gasteiger partial charge in [-0.15, -0.1) is 0 Å². The molecule has 5 aromatic carbocycles. The fraction of sp³-hybridized carbons (Fsp3) is 0. The predicted molar refractivity (Wildman–Crippen MR) is 182 cm³/mol. The fourth-order valence-electron chi connectivity index (χ4n) is 7.02. The first kappa shape index (κ1) is 24.3. The van der Waals surface area contributed by atoms with Crippen LogP contribution in [0.2, 0.25) is 0 Å². The van der Waals surface area contributed by atoms with Crippen LogP contribution in [-0.2, 0) is 0 Å². The lowest BCUT2D eigenvalue weighted by molar-refractivity contribution is 0.669. The first-order valence-corrected chi connectivity index (χ1v) is 15.0. The molecule has 0 atom stereocenters. The topological polar surface area (TPSA) is 57.0 Å². The van der Waals surface area contributed by atoms with Gasteiger partial charge in [0.15, 0.2) is 11.2 Å². The van der Waals surface area contributed by atoms with Crippen LogP contribution in [0.25, 0.3) is 93.9 Å². The summed E-state index contributed by atoms with van der Waals surface area (Å²) in [5, 5.41) is 4.34. The van der Waals surface area contributed by atoms with Crippen LogP contribution in [0.5, 0.6) is 0 Å². The van der Waals surface area contributed by atoms with Gasteiger partial charge >= 0.3 is 0 Å². The molecule has 210 valence electrons. The van der Waals surface area contributed by atoms with Gasteiger partial charge in [0.2, 0.25) is 0 Å². The van der Waals surface area contributed by atoms with E-state index in [1.165, 1.54) is 0 Å². The van der Waals surface area contributed by atoms with E-state index in [0.717, 1.165) is 93.9 Å². The summed E-state index contributed by atoms with van der Waals surface area (Å²) >= 11 is 0. The molecule has 0 saturated heterocycles. The molecular weight excluding hydrogens is 554 g/mol. The van der Waals surface area contributed by atoms with E-state index in [1.54, 1.807) is 0 Å². The van der Waals surface area contributed by atoms with Crippen LogP contribution < -0.4 is 0 Å². The number of hydrogen-bond donors (Lipinski definition) is 0. The number of furan rings is 2. The molecule has 5 heterocycles. The van der Waals surface area contributed by atoms with Gasteiger partial charge in [-0.1, -0.05) is 78.9 Å². The summed E-state index contributed by atoms with van der Waals surface area (Å²) in [7, 11) is 0. The highest BCUT2D eigenvalue weighted by atomic mass is 16.3. The molecule has 0 radical (unpaired) electrons. The number of nitrogens with zero attached hydrogens (tertiary/aromatic N) is 3. The SMILES string of the molecule is c1ccc(-n2c3c(-c4ccnc5c4oc4ccccc45)cccc3c3cccc(-c4ccnc5c4oc4ccccc45)c32)cc1. The van der Waals surface area contributed by atoms with Crippen molar-refractivity contribution in [1.29, 1.82) is 0 Å². The molecule has 0 aliphatic carbocycles. The Morgan fingerprint density at radius 1 is 0.400 bits per heavy atom. The van der Waals surface area contributed by atoms with Crippen molar-refractivity contribution in [3.63, 3.8) is 0 Å². The largest absolute Gasteiger partial charge is 0.454 e. The van der Waals surface area contributed by atoms with Crippen molar-refractivity contribution >= 4 is 65.9 Å². The van der Waals surface area contributed by atoms with Crippen molar-refractivity contribution in [3.8, 4) is 27.9 Å². The van der Waals surface area contributed by atoms with Gasteiger partial charge in [0, 0.05) is 61.9 Å². The van der Waals surface area contributed by atoms with Crippen LogP contribution in [0.1, 0.15) is 0 Å². The molecule has 5 aromatic heterocycles. The standard InChI is InChI=1S/C40H23N3O2/c1-2-10-24(11-3-1)43-37-25(14-8-16-27(37)29-20-22-41-35-31-12-4-6-18-33(31)44-39(29)35)26-15-9-17-28(38(26)43)30-21-23-42-36-32-13-5-7-19-34(32)45-40(30)36/h1-23H. The molecule has 45 heavy (non-hydrogen) atoms. The van der Waals surface area contributed by atoms with E-state index < -0.39 is 0 Å². The van der Waals surface area contributed by atoms with Crippen molar-refractivity contribution in [2.45, 2.75) is 0 Å². The second-order valence-corrected chi connectivity index (χ2v) is 11.3. The minimum atomic E-state index is 0.786. The third-order valence-corrected chi connectivity index (χ3v) is 8.92. The Morgan fingerprint density at radius 2 is 0.867 bits per heavy atom. The maximum atomic E-state index is 6.49. The van der Waals surface area contributed by atoms with Crippen molar-refractivity contribution in [1.82, 2.24) is 14.5 Å². The molecular formula is C40H23N3O2. The molecule has 10 rings (SSSR count). The summed E-state index contributed by atoms with van der Waals surface area (Å²) in [6.45, 7) is 0. The molecule has 0 aliphatic heterocycles. The molecule has 0 unspecified atom stereocenters. The second kappa shape index (κ2) is 9.15. The zero-order valence-electron chi connectivity index (χ0n) is 23.9. The highest BCUT2D eigenvalue weighted by Crippen LogP contribution is 2.45. The zero-order chi connectivity index (χ0) is 29.5. The number of benzene rings is 5. The van der Waals surface area contributed by atoms with Gasteiger partial charge in [-0.25, -0.2) is 0 Å². The zero-order valence-corrected chi connectivity index (χ0v) is 23.9. The molecule has 0 fully saturated rings. The molecule has 0 saturated carbocycles. The first-order chi connectivity index (χ1) is 22.3. The molecule has 0 aliphatic rings. The van der Waals surface area contributed by atoms with E-state index in [1.807, 2.05) is 48.8 Å². The van der Waals surface area contributed by atoms with Crippen molar-refractivity contribution < 1.29 is 8.83 Å². The Hall–Kier alpha value is -6.20. The highest BCUT2D eigenvalue weighted by molar-refractivity contribution is 6.20. The second-order valence-electron chi connectivity index (χ2n) is 11.3. The van der Waals surface area contributed by atoms with Gasteiger partial charge in [0.25, 0.3) is 0 Å². The van der Waals surface area contributed by atoms with Crippen LogP contribution in [0, 0.1) is 0 Å². The van der Waals surface area contributed by atoms with E-state index in [2.05, 4.69) is 95.6 Å². The van der Waals surface area contributed by atoms with Gasteiger partial charge in [0.05, 0.1) is 11.0 Å². The number of fused-ring (bicyclic) bond motifs is 9. The maximum absolute atomic E-state index is 6.49. The molecule has 0 amide bonds. The average Bonchev–Trinajstić information content (AvgIpc) is 3.78. The Balaban J connectivity index is 1.37. The Morgan fingerprint density at radius 3 is 1.40 bits per heavy atom. The Kier molecular flexibility index (Phi) is 4.93. The van der Waals surface area contributed by atoms with Crippen LogP contribution in [0.15, 0.2) is 149 Å². The van der Waals surface area contributed by atoms with Gasteiger partial charge in [-0.2, -0.15) is 0 Å². The quantitative estimate of drug-likeness (QED) is 0.210. The molecule has 0 spiro atoms. The maximum Gasteiger partial charge on any atom is 0.161 e. The van der Waals surface area contributed by atoms with Gasteiger partial charge in [-0.3, -0.25) is 9.97 Å². The lowest BCUT2D eigenvalue weighted by Gasteiger charge is -2.14. The number of rotatable bonds is 3. The van der Waals surface area contributed by atoms with Crippen molar-refractivity contribution in [2.75, 3.05) is 0 Å². The summed E-state index contributed by atoms with van der Waals surface area (Å²) in [4.78, 5) is 9.49. The number of pyridine rings is 2. The number of hydrogen-bond acceptors (Lipinski definition) is 4. The minimum Gasteiger partial charge on any atom is -0.454 e. The van der Waals surface area contributed by atoms with E-state index in [-0.39, 0.29) is 0 Å². The van der Waals surface area contributed by atoms with Crippen LogP contribution >= 0.6 is 0 Å². The van der Waals surface area contributed by atoms with Gasteiger partial charge < -0.3 is 13.4 Å².